The largest absolute Gasteiger partial charge is 0.743 e. The third-order valence-electron chi connectivity index (χ3n) is 3.24. The minimum atomic E-state index is -6.24. The molecule has 1 aromatic rings. The van der Waals surface area contributed by atoms with Crippen LogP contribution in [0.2, 0.25) is 0 Å². The van der Waals surface area contributed by atoms with E-state index >= 15 is 0 Å². The zero-order valence-electron chi connectivity index (χ0n) is 15.1. The van der Waals surface area contributed by atoms with Crippen LogP contribution in [0.4, 0.5) is 22.0 Å². The van der Waals surface area contributed by atoms with Gasteiger partial charge in [-0.05, 0) is 19.1 Å². The Bertz CT molecular complexity index is 898. The topological polar surface area (TPSA) is 119 Å². The number of alkyl halides is 5. The molecule has 1 rings (SSSR count). The van der Waals surface area contributed by atoms with Crippen LogP contribution in [-0.4, -0.2) is 48.7 Å². The van der Waals surface area contributed by atoms with Crippen molar-refractivity contribution in [1.82, 2.24) is 0 Å². The Kier molecular flexibility index (Phi) is 7.68. The van der Waals surface area contributed by atoms with Crippen molar-refractivity contribution < 1.29 is 58.7 Å². The van der Waals surface area contributed by atoms with Crippen molar-refractivity contribution in [3.8, 4) is 5.75 Å². The third-order valence-corrected chi connectivity index (χ3v) is 4.18. The molecule has 0 aliphatic carbocycles. The molecule has 0 fully saturated rings. The van der Waals surface area contributed by atoms with Crippen molar-refractivity contribution in [2.45, 2.75) is 30.6 Å². The maximum Gasteiger partial charge on any atom is 0.468 e. The summed E-state index contributed by atoms with van der Waals surface area (Å²) in [5, 5.41) is -5.02. The summed E-state index contributed by atoms with van der Waals surface area (Å²) >= 11 is 0. The van der Waals surface area contributed by atoms with E-state index in [1.165, 1.54) is 18.2 Å². The fourth-order valence-corrected chi connectivity index (χ4v) is 2.04. The van der Waals surface area contributed by atoms with Gasteiger partial charge in [-0.3, -0.25) is 0 Å². The van der Waals surface area contributed by atoms with Crippen LogP contribution in [0, 0.1) is 0 Å². The smallest absolute Gasteiger partial charge is 0.468 e. The first-order chi connectivity index (χ1) is 13.5. The molecule has 0 aromatic heterocycles. The molecule has 1 atom stereocenters. The van der Waals surface area contributed by atoms with Crippen molar-refractivity contribution in [3.63, 3.8) is 0 Å². The lowest BCUT2D eigenvalue weighted by Crippen LogP contribution is -2.59. The summed E-state index contributed by atoms with van der Waals surface area (Å²) in [5.41, 5.74) is -0.618. The van der Waals surface area contributed by atoms with E-state index in [1.807, 2.05) is 0 Å². The van der Waals surface area contributed by atoms with Gasteiger partial charge in [0, 0.05) is 12.0 Å². The van der Waals surface area contributed by atoms with Gasteiger partial charge < -0.3 is 18.8 Å². The van der Waals surface area contributed by atoms with Crippen LogP contribution in [0.15, 0.2) is 42.5 Å². The van der Waals surface area contributed by atoms with Crippen LogP contribution >= 0.6 is 0 Å². The Morgan fingerprint density at radius 3 is 2.07 bits per heavy atom. The molecular weight excluding hydrogens is 447 g/mol. The first kappa shape index (κ1) is 25.5. The molecule has 0 heterocycles. The van der Waals surface area contributed by atoms with Gasteiger partial charge in [0.05, 0.1) is 6.61 Å². The summed E-state index contributed by atoms with van der Waals surface area (Å²) < 4.78 is 112. The Morgan fingerprint density at radius 1 is 1.10 bits per heavy atom. The number of esters is 2. The van der Waals surface area contributed by atoms with E-state index < -0.39 is 63.6 Å². The van der Waals surface area contributed by atoms with Gasteiger partial charge in [0.15, 0.2) is 10.1 Å². The van der Waals surface area contributed by atoms with Gasteiger partial charge in [0.2, 0.25) is 0 Å². The molecule has 0 radical (unpaired) electrons. The maximum atomic E-state index is 13.7. The zero-order chi connectivity index (χ0) is 23.4. The Hall–Kier alpha value is -2.58. The van der Waals surface area contributed by atoms with E-state index in [4.69, 9.17) is 0 Å². The molecule has 0 bridgehead atoms. The predicted molar refractivity (Wildman–Crippen MR) is 87.0 cm³/mol. The molecule has 168 valence electrons. The van der Waals surface area contributed by atoms with Crippen LogP contribution in [0.25, 0.3) is 0 Å². The SMILES string of the molecule is C=C(C)C(=O)OC(OCCC(F)(F)S(=O)(=O)[O-])(C(=O)Oc1ccccc1)C(F)(F)F. The average molecular weight is 461 g/mol. The lowest BCUT2D eigenvalue weighted by atomic mass is 10.2. The highest BCUT2D eigenvalue weighted by atomic mass is 32.2. The maximum absolute atomic E-state index is 13.7. The monoisotopic (exact) mass is 461 g/mol. The minimum Gasteiger partial charge on any atom is -0.743 e. The number of carbonyl (C=O) groups is 2. The number of benzene rings is 1. The molecule has 0 spiro atoms. The van der Waals surface area contributed by atoms with Crippen LogP contribution in [0.5, 0.6) is 5.75 Å². The third kappa shape index (κ3) is 5.96. The van der Waals surface area contributed by atoms with Gasteiger partial charge in [0.1, 0.15) is 5.75 Å². The van der Waals surface area contributed by atoms with Gasteiger partial charge >= 0.3 is 29.2 Å². The van der Waals surface area contributed by atoms with Crippen LogP contribution in [0.1, 0.15) is 13.3 Å². The number of rotatable bonds is 9. The number of ether oxygens (including phenoxy) is 3. The fraction of sp³-hybridized carbons (Fsp3) is 0.375. The second-order valence-corrected chi connectivity index (χ2v) is 7.18. The van der Waals surface area contributed by atoms with Crippen LogP contribution in [0.3, 0.4) is 0 Å². The summed E-state index contributed by atoms with van der Waals surface area (Å²) in [6.45, 7) is 2.12. The second kappa shape index (κ2) is 9.06. The second-order valence-electron chi connectivity index (χ2n) is 5.68. The molecule has 0 aliphatic rings. The number of hydrogen-bond donors (Lipinski definition) is 0. The molecule has 0 saturated carbocycles. The highest BCUT2D eigenvalue weighted by molar-refractivity contribution is 7.86. The van der Waals surface area contributed by atoms with Crippen molar-refractivity contribution >= 4 is 22.1 Å². The number of hydrogen-bond acceptors (Lipinski definition) is 8. The van der Waals surface area contributed by atoms with Gasteiger partial charge in [-0.15, -0.1) is 0 Å². The minimum absolute atomic E-state index is 0.446. The normalized spacial score (nSPS) is 14.5. The Labute approximate surface area is 167 Å². The number of halogens is 5. The molecular formula is C16H14F5O8S-. The highest BCUT2D eigenvalue weighted by Gasteiger charge is 2.68. The molecule has 0 aliphatic heterocycles. The lowest BCUT2D eigenvalue weighted by Gasteiger charge is -2.32. The van der Waals surface area contributed by atoms with E-state index in [1.54, 1.807) is 0 Å². The Morgan fingerprint density at radius 2 is 1.63 bits per heavy atom. The van der Waals surface area contributed by atoms with Gasteiger partial charge in [-0.2, -0.15) is 22.0 Å². The van der Waals surface area contributed by atoms with E-state index in [0.717, 1.165) is 19.1 Å². The fourth-order valence-electron chi connectivity index (χ4n) is 1.70. The van der Waals surface area contributed by atoms with Crippen molar-refractivity contribution in [2.75, 3.05) is 6.61 Å². The highest BCUT2D eigenvalue weighted by Crippen LogP contribution is 2.38. The van der Waals surface area contributed by atoms with E-state index in [-0.39, 0.29) is 0 Å². The standard InChI is InChI=1S/C16H15F5O8S/c1-10(2)12(22)29-15(16(19,20)21,13(23)28-11-6-4-3-5-7-11)27-9-8-14(17,18)30(24,25)26/h3-7H,1,8-9H2,2H3,(H,24,25,26)/p-1. The lowest BCUT2D eigenvalue weighted by molar-refractivity contribution is -0.353. The van der Waals surface area contributed by atoms with Crippen molar-refractivity contribution in [3.05, 3.63) is 42.5 Å². The molecule has 0 amide bonds. The number of carbonyl (C=O) groups excluding carboxylic acids is 2. The molecule has 8 nitrogen and oxygen atoms in total. The average Bonchev–Trinajstić information content (AvgIpc) is 2.59. The van der Waals surface area contributed by atoms with Gasteiger partial charge in [0.25, 0.3) is 0 Å². The number of para-hydroxylation sites is 1. The summed E-state index contributed by atoms with van der Waals surface area (Å²) in [4.78, 5) is 23.9. The summed E-state index contributed by atoms with van der Waals surface area (Å²) in [5.74, 6) is -9.16. The van der Waals surface area contributed by atoms with Gasteiger partial charge in [-0.1, -0.05) is 24.8 Å². The molecule has 14 heteroatoms. The first-order valence-corrected chi connectivity index (χ1v) is 9.14. The molecule has 0 N–H and O–H groups in total. The van der Waals surface area contributed by atoms with Crippen molar-refractivity contribution in [1.29, 1.82) is 0 Å². The quantitative estimate of drug-likeness (QED) is 0.137. The summed E-state index contributed by atoms with van der Waals surface area (Å²) in [6.07, 6.45) is -7.94. The predicted octanol–water partition coefficient (Wildman–Crippen LogP) is 2.51. The van der Waals surface area contributed by atoms with Crippen LogP contribution < -0.4 is 4.74 Å². The van der Waals surface area contributed by atoms with E-state index in [0.29, 0.717) is 0 Å². The van der Waals surface area contributed by atoms with Gasteiger partial charge in [-0.25, -0.2) is 18.0 Å². The zero-order valence-corrected chi connectivity index (χ0v) is 15.9. The van der Waals surface area contributed by atoms with Crippen molar-refractivity contribution in [2.24, 2.45) is 0 Å². The van der Waals surface area contributed by atoms with E-state index in [2.05, 4.69) is 20.8 Å². The molecule has 1 unspecified atom stereocenters. The Balaban J connectivity index is 3.31. The van der Waals surface area contributed by atoms with Crippen LogP contribution in [-0.2, 0) is 29.2 Å². The summed E-state index contributed by atoms with van der Waals surface area (Å²) in [6, 6.07) is 6.09. The molecule has 30 heavy (non-hydrogen) atoms. The molecule has 0 saturated heterocycles. The summed E-state index contributed by atoms with van der Waals surface area (Å²) in [7, 11) is -6.24. The van der Waals surface area contributed by atoms with E-state index in [9.17, 15) is 44.5 Å². The first-order valence-electron chi connectivity index (χ1n) is 7.73. The molecule has 1 aromatic carbocycles.